The lowest BCUT2D eigenvalue weighted by Gasteiger charge is -2.12. The van der Waals surface area contributed by atoms with Gasteiger partial charge in [-0.2, -0.15) is 5.10 Å². The molecule has 4 heteroatoms. The van der Waals surface area contributed by atoms with E-state index in [9.17, 15) is 4.79 Å². The van der Waals surface area contributed by atoms with Gasteiger partial charge >= 0.3 is 0 Å². The highest BCUT2D eigenvalue weighted by Gasteiger charge is 2.23. The molecule has 0 aliphatic heterocycles. The summed E-state index contributed by atoms with van der Waals surface area (Å²) in [6, 6.07) is 0. The summed E-state index contributed by atoms with van der Waals surface area (Å²) in [5, 5.41) is 4.91. The van der Waals surface area contributed by atoms with Gasteiger partial charge in [-0.3, -0.25) is 9.48 Å². The van der Waals surface area contributed by atoms with Gasteiger partial charge in [0.25, 0.3) is 0 Å². The molecular weight excluding hydrogens is 248 g/mol. The Morgan fingerprint density at radius 3 is 2.44 bits per heavy atom. The molecule has 0 atom stereocenters. The third-order valence-corrected chi connectivity index (χ3v) is 4.41. The number of ketones is 1. The van der Waals surface area contributed by atoms with E-state index in [0.717, 1.165) is 24.2 Å². The van der Waals surface area contributed by atoms with Crippen LogP contribution in [0.5, 0.6) is 0 Å². The average molecular weight is 269 g/mol. The maximum atomic E-state index is 12.3. The molecule has 18 heavy (non-hydrogen) atoms. The fourth-order valence-corrected chi connectivity index (χ4v) is 3.01. The molecule has 1 aliphatic carbocycles. The second-order valence-corrected chi connectivity index (χ2v) is 5.68. The highest BCUT2D eigenvalue weighted by molar-refractivity contribution is 6.32. The van der Waals surface area contributed by atoms with Crippen LogP contribution in [0.2, 0.25) is 5.02 Å². The van der Waals surface area contributed by atoms with Crippen molar-refractivity contribution < 1.29 is 4.79 Å². The smallest absolute Gasteiger partial charge is 0.141 e. The van der Waals surface area contributed by atoms with E-state index in [1.807, 2.05) is 14.0 Å². The molecule has 1 aliphatic rings. The predicted octanol–water partition coefficient (Wildman–Crippen LogP) is 3.46. The van der Waals surface area contributed by atoms with Crippen LogP contribution in [0.3, 0.4) is 0 Å². The summed E-state index contributed by atoms with van der Waals surface area (Å²) in [6.07, 6.45) is 7.45. The van der Waals surface area contributed by atoms with Gasteiger partial charge in [-0.1, -0.05) is 37.3 Å². The van der Waals surface area contributed by atoms with Crippen molar-refractivity contribution in [3.63, 3.8) is 0 Å². The molecule has 3 nitrogen and oxygen atoms in total. The van der Waals surface area contributed by atoms with Gasteiger partial charge < -0.3 is 0 Å². The van der Waals surface area contributed by atoms with E-state index >= 15 is 0 Å². The van der Waals surface area contributed by atoms with Crippen molar-refractivity contribution in [2.45, 2.75) is 51.9 Å². The molecule has 0 amide bonds. The molecule has 0 spiro atoms. The molecule has 1 aromatic heterocycles. The van der Waals surface area contributed by atoms with Crippen molar-refractivity contribution in [1.29, 1.82) is 0 Å². The number of hydrogen-bond donors (Lipinski definition) is 0. The minimum Gasteiger partial charge on any atom is -0.299 e. The molecule has 100 valence electrons. The van der Waals surface area contributed by atoms with E-state index in [2.05, 4.69) is 5.10 Å². The summed E-state index contributed by atoms with van der Waals surface area (Å²) in [7, 11) is 1.86. The number of nitrogens with zero attached hydrogens (tertiary/aromatic N) is 2. The first-order chi connectivity index (χ1) is 8.59. The Morgan fingerprint density at radius 1 is 1.33 bits per heavy atom. The van der Waals surface area contributed by atoms with Crippen LogP contribution in [0, 0.1) is 12.8 Å². The predicted molar refractivity (Wildman–Crippen MR) is 72.9 cm³/mol. The second-order valence-electron chi connectivity index (χ2n) is 5.30. The van der Waals surface area contributed by atoms with Crippen molar-refractivity contribution in [2.24, 2.45) is 13.0 Å². The van der Waals surface area contributed by atoms with Crippen molar-refractivity contribution in [2.75, 3.05) is 0 Å². The van der Waals surface area contributed by atoms with E-state index in [4.69, 9.17) is 11.6 Å². The van der Waals surface area contributed by atoms with Crippen LogP contribution in [-0.2, 0) is 18.3 Å². The van der Waals surface area contributed by atoms with Crippen LogP contribution < -0.4 is 0 Å². The van der Waals surface area contributed by atoms with Gasteiger partial charge in [0.05, 0.1) is 22.8 Å². The summed E-state index contributed by atoms with van der Waals surface area (Å²) >= 11 is 6.19. The molecule has 0 radical (unpaired) electrons. The van der Waals surface area contributed by atoms with Gasteiger partial charge in [-0.25, -0.2) is 0 Å². The van der Waals surface area contributed by atoms with E-state index in [0.29, 0.717) is 17.2 Å². The molecule has 2 rings (SSSR count). The van der Waals surface area contributed by atoms with Gasteiger partial charge in [-0.05, 0) is 19.8 Å². The molecule has 0 saturated heterocycles. The molecule has 1 fully saturated rings. The van der Waals surface area contributed by atoms with Gasteiger partial charge in [0.15, 0.2) is 0 Å². The van der Waals surface area contributed by atoms with Crippen molar-refractivity contribution >= 4 is 17.4 Å². The van der Waals surface area contributed by atoms with Gasteiger partial charge in [-0.15, -0.1) is 0 Å². The first-order valence-corrected chi connectivity index (χ1v) is 7.18. The van der Waals surface area contributed by atoms with Crippen LogP contribution in [0.1, 0.15) is 49.9 Å². The molecule has 1 heterocycles. The Balaban J connectivity index is 2.06. The maximum Gasteiger partial charge on any atom is 0.141 e. The lowest BCUT2D eigenvalue weighted by atomic mass is 9.93. The first-order valence-electron chi connectivity index (χ1n) is 6.80. The summed E-state index contributed by atoms with van der Waals surface area (Å²) in [5.74, 6) is 0.570. The Labute approximate surface area is 114 Å². The highest BCUT2D eigenvalue weighted by atomic mass is 35.5. The maximum absolute atomic E-state index is 12.3. The lowest BCUT2D eigenvalue weighted by Crippen LogP contribution is -2.18. The molecule has 0 N–H and O–H groups in total. The Bertz CT molecular complexity index is 431. The SMILES string of the molecule is Cc1nn(C)c(CC(=O)C2CCCCCC2)c1Cl. The zero-order valence-electron chi connectivity index (χ0n) is 11.2. The minimum atomic E-state index is 0.235. The van der Waals surface area contributed by atoms with Crippen molar-refractivity contribution in [3.8, 4) is 0 Å². The zero-order valence-corrected chi connectivity index (χ0v) is 12.0. The Hall–Kier alpha value is -0.830. The number of aromatic nitrogens is 2. The van der Waals surface area contributed by atoms with Gasteiger partial charge in [0.2, 0.25) is 0 Å². The standard InChI is InChI=1S/C14H21ClN2O/c1-10-14(15)12(17(2)16-10)9-13(18)11-7-5-3-4-6-8-11/h11H,3-9H2,1-2H3. The van der Waals surface area contributed by atoms with Crippen LogP contribution in [-0.4, -0.2) is 15.6 Å². The van der Waals surface area contributed by atoms with E-state index < -0.39 is 0 Å². The second kappa shape index (κ2) is 5.87. The van der Waals surface area contributed by atoms with Crippen molar-refractivity contribution in [3.05, 3.63) is 16.4 Å². The molecule has 0 bridgehead atoms. The molecule has 1 aromatic rings. The summed E-state index contributed by atoms with van der Waals surface area (Å²) in [6.45, 7) is 1.88. The largest absolute Gasteiger partial charge is 0.299 e. The molecule has 0 aromatic carbocycles. The monoisotopic (exact) mass is 268 g/mol. The van der Waals surface area contributed by atoms with Crippen LogP contribution >= 0.6 is 11.6 Å². The Morgan fingerprint density at radius 2 is 1.94 bits per heavy atom. The van der Waals surface area contributed by atoms with Crippen molar-refractivity contribution in [1.82, 2.24) is 9.78 Å². The van der Waals surface area contributed by atoms with E-state index in [1.165, 1.54) is 25.7 Å². The number of hydrogen-bond acceptors (Lipinski definition) is 2. The first kappa shape index (κ1) is 13.6. The molecule has 1 saturated carbocycles. The van der Waals surface area contributed by atoms with Gasteiger partial charge in [0, 0.05) is 13.0 Å². The number of rotatable bonds is 3. The van der Waals surface area contributed by atoms with E-state index in [-0.39, 0.29) is 5.92 Å². The average Bonchev–Trinajstić information content (AvgIpc) is 2.58. The molecule has 0 unspecified atom stereocenters. The quantitative estimate of drug-likeness (QED) is 0.787. The summed E-state index contributed by atoms with van der Waals surface area (Å²) in [5.41, 5.74) is 1.67. The minimum absolute atomic E-state index is 0.235. The number of carbonyl (C=O) groups is 1. The topological polar surface area (TPSA) is 34.9 Å². The van der Waals surface area contributed by atoms with Crippen LogP contribution in [0.25, 0.3) is 0 Å². The van der Waals surface area contributed by atoms with Crippen LogP contribution in [0.4, 0.5) is 0 Å². The van der Waals surface area contributed by atoms with Gasteiger partial charge in [0.1, 0.15) is 5.78 Å². The highest BCUT2D eigenvalue weighted by Crippen LogP contribution is 2.26. The summed E-state index contributed by atoms with van der Waals surface area (Å²) < 4.78 is 1.74. The fourth-order valence-electron chi connectivity index (χ4n) is 2.78. The fraction of sp³-hybridized carbons (Fsp3) is 0.714. The number of aryl methyl sites for hydroxylation is 2. The Kier molecular flexibility index (Phi) is 4.44. The third-order valence-electron chi connectivity index (χ3n) is 3.91. The number of Topliss-reactive ketones (excluding diaryl/α,β-unsaturated/α-hetero) is 1. The third kappa shape index (κ3) is 2.94. The lowest BCUT2D eigenvalue weighted by molar-refractivity contribution is -0.122. The van der Waals surface area contributed by atoms with Crippen LogP contribution in [0.15, 0.2) is 0 Å². The zero-order chi connectivity index (χ0) is 13.1. The normalized spacial score (nSPS) is 17.7. The molecular formula is C14H21ClN2O. The van der Waals surface area contributed by atoms with E-state index in [1.54, 1.807) is 4.68 Å². The summed E-state index contributed by atoms with van der Waals surface area (Å²) in [4.78, 5) is 12.3. The number of halogens is 1. The number of carbonyl (C=O) groups excluding carboxylic acids is 1.